The van der Waals surface area contributed by atoms with E-state index < -0.39 is 17.9 Å². The zero-order valence-electron chi connectivity index (χ0n) is 10.6. The zero-order valence-corrected chi connectivity index (χ0v) is 10.6. The van der Waals surface area contributed by atoms with Gasteiger partial charge in [-0.3, -0.25) is 10.1 Å². The molecule has 0 radical (unpaired) electrons. The molecule has 19 heavy (non-hydrogen) atoms. The minimum absolute atomic E-state index is 0.139. The van der Waals surface area contributed by atoms with Gasteiger partial charge in [0, 0.05) is 24.8 Å². The molecule has 8 heteroatoms. The minimum Gasteiger partial charge on any atom is -0.481 e. The fraction of sp³-hybridized carbons (Fsp3) is 0.455. The van der Waals surface area contributed by atoms with Gasteiger partial charge in [-0.25, -0.2) is 9.78 Å². The van der Waals surface area contributed by atoms with Crippen molar-refractivity contribution in [3.05, 3.63) is 11.8 Å². The van der Waals surface area contributed by atoms with E-state index in [0.29, 0.717) is 11.6 Å². The highest BCUT2D eigenvalue weighted by atomic mass is 16.5. The first-order chi connectivity index (χ1) is 8.99. The van der Waals surface area contributed by atoms with Gasteiger partial charge in [-0.15, -0.1) is 0 Å². The summed E-state index contributed by atoms with van der Waals surface area (Å²) in [7, 11) is 1.47. The van der Waals surface area contributed by atoms with Gasteiger partial charge in [-0.05, 0) is 6.92 Å². The second-order valence-corrected chi connectivity index (χ2v) is 4.25. The van der Waals surface area contributed by atoms with Crippen molar-refractivity contribution < 1.29 is 19.4 Å². The van der Waals surface area contributed by atoms with Gasteiger partial charge in [0.05, 0.1) is 13.0 Å². The molecule has 2 N–H and O–H groups in total. The largest absolute Gasteiger partial charge is 0.481 e. The second kappa shape index (κ2) is 5.09. The van der Waals surface area contributed by atoms with Crippen molar-refractivity contribution in [2.45, 2.75) is 6.92 Å². The van der Waals surface area contributed by atoms with E-state index in [1.165, 1.54) is 12.0 Å². The van der Waals surface area contributed by atoms with Crippen LogP contribution in [0.2, 0.25) is 0 Å². The molecule has 0 aliphatic carbocycles. The first-order valence-electron chi connectivity index (χ1n) is 5.68. The highest BCUT2D eigenvalue weighted by Gasteiger charge is 2.35. The maximum absolute atomic E-state index is 11.8. The number of aryl methyl sites for hydroxylation is 1. The Morgan fingerprint density at radius 3 is 2.74 bits per heavy atom. The van der Waals surface area contributed by atoms with Gasteiger partial charge >= 0.3 is 12.0 Å². The smallest absolute Gasteiger partial charge is 0.324 e. The number of urea groups is 1. The number of rotatable bonds is 3. The molecule has 2 heterocycles. The summed E-state index contributed by atoms with van der Waals surface area (Å²) in [4.78, 5) is 31.8. The summed E-state index contributed by atoms with van der Waals surface area (Å²) in [6.45, 7) is 2.15. The standard InChI is InChI=1S/C11H14N4O4/c1-6-3-8(19-2)13-10(12-6)14-11(18)15-4-7(5-15)9(16)17/h3,7H,4-5H2,1-2H3,(H,16,17)(H,12,13,14,18). The molecule has 0 bridgehead atoms. The summed E-state index contributed by atoms with van der Waals surface area (Å²) in [6.07, 6.45) is 0. The van der Waals surface area contributed by atoms with Crippen LogP contribution in [0, 0.1) is 12.8 Å². The summed E-state index contributed by atoms with van der Waals surface area (Å²) in [5.74, 6) is -0.883. The van der Waals surface area contributed by atoms with Crippen LogP contribution in [0.5, 0.6) is 5.88 Å². The van der Waals surface area contributed by atoms with Crippen molar-refractivity contribution in [1.82, 2.24) is 14.9 Å². The third-order valence-electron chi connectivity index (χ3n) is 2.78. The van der Waals surface area contributed by atoms with Gasteiger partial charge in [-0.2, -0.15) is 4.98 Å². The minimum atomic E-state index is -0.891. The molecule has 102 valence electrons. The number of hydrogen-bond donors (Lipinski definition) is 2. The lowest BCUT2D eigenvalue weighted by molar-refractivity contribution is -0.145. The Kier molecular flexibility index (Phi) is 3.50. The molecule has 1 aromatic heterocycles. The number of methoxy groups -OCH3 is 1. The number of aliphatic carboxylic acids is 1. The fourth-order valence-electron chi connectivity index (χ4n) is 1.68. The lowest BCUT2D eigenvalue weighted by Crippen LogP contribution is -2.54. The lowest BCUT2D eigenvalue weighted by Gasteiger charge is -2.36. The molecule has 1 saturated heterocycles. The maximum Gasteiger partial charge on any atom is 0.324 e. The molecule has 1 aromatic rings. The average molecular weight is 266 g/mol. The number of carbonyl (C=O) groups excluding carboxylic acids is 1. The van der Waals surface area contributed by atoms with Gasteiger partial charge in [-0.1, -0.05) is 0 Å². The van der Waals surface area contributed by atoms with E-state index in [9.17, 15) is 9.59 Å². The topological polar surface area (TPSA) is 105 Å². The number of aromatic nitrogens is 2. The number of carbonyl (C=O) groups is 2. The van der Waals surface area contributed by atoms with Gasteiger partial charge in [0.2, 0.25) is 11.8 Å². The molecule has 1 fully saturated rings. The van der Waals surface area contributed by atoms with Crippen LogP contribution in [0.3, 0.4) is 0 Å². The number of hydrogen-bond acceptors (Lipinski definition) is 5. The van der Waals surface area contributed by atoms with Crippen LogP contribution in [0.4, 0.5) is 10.7 Å². The zero-order chi connectivity index (χ0) is 14.0. The van der Waals surface area contributed by atoms with Crippen LogP contribution in [-0.2, 0) is 4.79 Å². The van der Waals surface area contributed by atoms with Crippen molar-refractivity contribution in [2.24, 2.45) is 5.92 Å². The molecular formula is C11H14N4O4. The van der Waals surface area contributed by atoms with Crippen LogP contribution < -0.4 is 10.1 Å². The van der Waals surface area contributed by atoms with E-state index in [2.05, 4.69) is 15.3 Å². The average Bonchev–Trinajstić information content (AvgIpc) is 2.25. The molecule has 0 atom stereocenters. The Morgan fingerprint density at radius 1 is 1.47 bits per heavy atom. The van der Waals surface area contributed by atoms with E-state index in [0.717, 1.165) is 0 Å². The van der Waals surface area contributed by atoms with E-state index >= 15 is 0 Å². The number of nitrogens with zero attached hydrogens (tertiary/aromatic N) is 3. The number of anilines is 1. The van der Waals surface area contributed by atoms with E-state index in [1.54, 1.807) is 13.0 Å². The molecule has 8 nitrogen and oxygen atoms in total. The van der Waals surface area contributed by atoms with Crippen LogP contribution in [0.1, 0.15) is 5.69 Å². The molecule has 0 aromatic carbocycles. The summed E-state index contributed by atoms with van der Waals surface area (Å²) < 4.78 is 4.97. The Hall–Kier alpha value is -2.38. The highest BCUT2D eigenvalue weighted by Crippen LogP contribution is 2.17. The number of amides is 2. The Bertz CT molecular complexity index is 513. The van der Waals surface area contributed by atoms with Crippen LogP contribution in [0.25, 0.3) is 0 Å². The summed E-state index contributed by atoms with van der Waals surface area (Å²) in [5.41, 5.74) is 0.661. The van der Waals surface area contributed by atoms with Crippen molar-refractivity contribution in [3.8, 4) is 5.88 Å². The lowest BCUT2D eigenvalue weighted by atomic mass is 10.0. The van der Waals surface area contributed by atoms with Crippen LogP contribution in [-0.4, -0.2) is 52.2 Å². The first kappa shape index (κ1) is 13.1. The van der Waals surface area contributed by atoms with Crippen molar-refractivity contribution in [1.29, 1.82) is 0 Å². The number of carboxylic acid groups (broad SMARTS) is 1. The predicted molar refractivity (Wildman–Crippen MR) is 65.0 cm³/mol. The Labute approximate surface area is 109 Å². The number of nitrogens with one attached hydrogen (secondary N) is 1. The van der Waals surface area contributed by atoms with E-state index in [4.69, 9.17) is 9.84 Å². The Morgan fingerprint density at radius 2 is 2.16 bits per heavy atom. The van der Waals surface area contributed by atoms with Crippen LogP contribution >= 0.6 is 0 Å². The van der Waals surface area contributed by atoms with Crippen molar-refractivity contribution in [3.63, 3.8) is 0 Å². The molecule has 0 spiro atoms. The van der Waals surface area contributed by atoms with Crippen molar-refractivity contribution in [2.75, 3.05) is 25.5 Å². The molecule has 1 aliphatic rings. The van der Waals surface area contributed by atoms with Gasteiger partial charge in [0.15, 0.2) is 0 Å². The molecule has 0 unspecified atom stereocenters. The fourth-order valence-corrected chi connectivity index (χ4v) is 1.68. The maximum atomic E-state index is 11.8. The van der Waals surface area contributed by atoms with Gasteiger partial charge < -0.3 is 14.7 Å². The highest BCUT2D eigenvalue weighted by molar-refractivity contribution is 5.89. The summed E-state index contributed by atoms with van der Waals surface area (Å²) >= 11 is 0. The number of ether oxygens (including phenoxy) is 1. The van der Waals surface area contributed by atoms with Crippen molar-refractivity contribution >= 4 is 17.9 Å². The summed E-state index contributed by atoms with van der Waals surface area (Å²) in [6, 6.07) is 1.23. The second-order valence-electron chi connectivity index (χ2n) is 4.25. The normalized spacial score (nSPS) is 14.7. The molecule has 0 saturated carbocycles. The third kappa shape index (κ3) is 2.90. The number of carboxylic acids is 1. The van der Waals surface area contributed by atoms with Crippen LogP contribution in [0.15, 0.2) is 6.07 Å². The predicted octanol–water partition coefficient (Wildman–Crippen LogP) is 0.342. The SMILES string of the molecule is COc1cc(C)nc(NC(=O)N2CC(C(=O)O)C2)n1. The molecule has 2 amide bonds. The summed E-state index contributed by atoms with van der Waals surface area (Å²) in [5, 5.41) is 11.2. The third-order valence-corrected chi connectivity index (χ3v) is 2.78. The monoisotopic (exact) mass is 266 g/mol. The van der Waals surface area contributed by atoms with E-state index in [1.807, 2.05) is 0 Å². The van der Waals surface area contributed by atoms with Gasteiger partial charge in [0.25, 0.3) is 0 Å². The molecular weight excluding hydrogens is 252 g/mol. The Balaban J connectivity index is 1.96. The number of likely N-dealkylation sites (tertiary alicyclic amines) is 1. The first-order valence-corrected chi connectivity index (χ1v) is 5.68. The molecule has 1 aliphatic heterocycles. The van der Waals surface area contributed by atoms with E-state index in [-0.39, 0.29) is 19.0 Å². The van der Waals surface area contributed by atoms with Gasteiger partial charge in [0.1, 0.15) is 0 Å². The quantitative estimate of drug-likeness (QED) is 0.817. The molecule has 2 rings (SSSR count).